The van der Waals surface area contributed by atoms with Crippen LogP contribution in [0.25, 0.3) is 0 Å². The molecule has 0 fully saturated rings. The predicted molar refractivity (Wildman–Crippen MR) is 64.7 cm³/mol. The number of benzene rings is 1. The van der Waals surface area contributed by atoms with Crippen LogP contribution < -0.4 is 5.73 Å². The van der Waals surface area contributed by atoms with Crippen molar-refractivity contribution in [3.05, 3.63) is 29.3 Å². The molecule has 0 saturated heterocycles. The molecule has 1 rings (SSSR count). The molecule has 0 spiro atoms. The normalized spacial score (nSPS) is 7.53. The number of nitrogens with two attached hydrogens (primary N) is 1. The number of hydrogen-bond donors (Lipinski definition) is 1. The average molecular weight is 211 g/mol. The fourth-order valence-corrected chi connectivity index (χ4v) is 0.760. The van der Waals surface area contributed by atoms with E-state index in [9.17, 15) is 0 Å². The van der Waals surface area contributed by atoms with Gasteiger partial charge in [-0.25, -0.2) is 0 Å². The highest BCUT2D eigenvalue weighted by Crippen LogP contribution is 2.10. The van der Waals surface area contributed by atoms with Crippen molar-refractivity contribution in [2.45, 2.75) is 27.7 Å². The number of nitrogen functional groups attached to an aromatic ring is 1. The van der Waals surface area contributed by atoms with Gasteiger partial charge in [-0.1, -0.05) is 26.0 Å². The summed E-state index contributed by atoms with van der Waals surface area (Å²) in [6.07, 6.45) is 0. The maximum atomic E-state index is 8.95. The van der Waals surface area contributed by atoms with Gasteiger partial charge in [0, 0.05) is 5.69 Å². The number of hydrogen-bond acceptors (Lipinski definition) is 3. The lowest BCUT2D eigenvalue weighted by molar-refractivity contribution is -0.126. The molecule has 0 amide bonds. The quantitative estimate of drug-likeness (QED) is 0.574. The molecule has 0 aliphatic heterocycles. The largest absolute Gasteiger partial charge is 0.471 e. The summed E-state index contributed by atoms with van der Waals surface area (Å²) in [5.74, 6) is 0. The van der Waals surface area contributed by atoms with Gasteiger partial charge in [0.05, 0.1) is 7.11 Å². The molecular formula is C12H21NO2. The second-order valence-corrected chi connectivity index (χ2v) is 2.69. The molecule has 0 bridgehead atoms. The van der Waals surface area contributed by atoms with Gasteiger partial charge in [-0.2, -0.15) is 0 Å². The monoisotopic (exact) mass is 211 g/mol. The minimum Gasteiger partial charge on any atom is -0.471 e. The topological polar surface area (TPSA) is 52.3 Å². The summed E-state index contributed by atoms with van der Waals surface area (Å²) in [5.41, 5.74) is 8.88. The van der Waals surface area contributed by atoms with E-state index in [2.05, 4.69) is 10.8 Å². The van der Waals surface area contributed by atoms with Crippen molar-refractivity contribution in [3.8, 4) is 0 Å². The van der Waals surface area contributed by atoms with Gasteiger partial charge in [0.25, 0.3) is 6.47 Å². The first-order chi connectivity index (χ1) is 7.11. The van der Waals surface area contributed by atoms with Crippen LogP contribution in [0.5, 0.6) is 0 Å². The number of carbonyl (C=O) groups excluding carboxylic acids is 1. The zero-order valence-electron chi connectivity index (χ0n) is 10.2. The van der Waals surface area contributed by atoms with Crippen LogP contribution in [0, 0.1) is 13.8 Å². The van der Waals surface area contributed by atoms with E-state index in [-0.39, 0.29) is 0 Å². The van der Waals surface area contributed by atoms with Gasteiger partial charge in [-0.05, 0) is 31.0 Å². The van der Waals surface area contributed by atoms with Crippen LogP contribution in [0.1, 0.15) is 25.0 Å². The summed E-state index contributed by atoms with van der Waals surface area (Å²) < 4.78 is 3.86. The molecule has 15 heavy (non-hydrogen) atoms. The Balaban J connectivity index is 0. The van der Waals surface area contributed by atoms with Crippen LogP contribution in [0.4, 0.5) is 5.69 Å². The first-order valence-corrected chi connectivity index (χ1v) is 4.91. The predicted octanol–water partition coefficient (Wildman–Crippen LogP) is 2.70. The molecule has 86 valence electrons. The minimum absolute atomic E-state index is 0.375. The highest BCUT2D eigenvalue weighted by molar-refractivity contribution is 5.47. The number of anilines is 1. The summed E-state index contributed by atoms with van der Waals surface area (Å²) >= 11 is 0. The van der Waals surface area contributed by atoms with Crippen LogP contribution >= 0.6 is 0 Å². The van der Waals surface area contributed by atoms with Crippen molar-refractivity contribution in [2.75, 3.05) is 12.8 Å². The second kappa shape index (κ2) is 10.6. The third-order valence-electron chi connectivity index (χ3n) is 1.53. The van der Waals surface area contributed by atoms with Gasteiger partial charge in [-0.15, -0.1) is 0 Å². The number of aryl methyl sites for hydroxylation is 2. The molecule has 0 unspecified atom stereocenters. The van der Waals surface area contributed by atoms with Crippen molar-refractivity contribution in [1.82, 2.24) is 0 Å². The molecule has 0 atom stereocenters. The molecule has 0 saturated carbocycles. The summed E-state index contributed by atoms with van der Waals surface area (Å²) in [6.45, 7) is 8.42. The van der Waals surface area contributed by atoms with E-state index < -0.39 is 0 Å². The molecule has 0 radical (unpaired) electrons. The Labute approximate surface area is 92.2 Å². The summed E-state index contributed by atoms with van der Waals surface area (Å²) in [7, 11) is 1.31. The van der Waals surface area contributed by atoms with Crippen molar-refractivity contribution in [3.63, 3.8) is 0 Å². The third kappa shape index (κ3) is 8.81. The lowest BCUT2D eigenvalue weighted by Crippen LogP contribution is -1.88. The molecule has 3 nitrogen and oxygen atoms in total. The van der Waals surface area contributed by atoms with E-state index in [0.29, 0.717) is 6.47 Å². The van der Waals surface area contributed by atoms with Gasteiger partial charge in [0.15, 0.2) is 0 Å². The summed E-state index contributed by atoms with van der Waals surface area (Å²) in [6, 6.07) is 6.08. The van der Waals surface area contributed by atoms with Crippen LogP contribution in [0.15, 0.2) is 18.2 Å². The smallest absolute Gasteiger partial charge is 0.292 e. The van der Waals surface area contributed by atoms with Gasteiger partial charge in [-0.3, -0.25) is 4.79 Å². The maximum Gasteiger partial charge on any atom is 0.292 e. The molecule has 0 aliphatic carbocycles. The number of carbonyl (C=O) groups is 1. The first kappa shape index (κ1) is 15.9. The fraction of sp³-hybridized carbons (Fsp3) is 0.417. The van der Waals surface area contributed by atoms with Crippen molar-refractivity contribution >= 4 is 12.2 Å². The highest BCUT2D eigenvalue weighted by atomic mass is 16.5. The van der Waals surface area contributed by atoms with Crippen molar-refractivity contribution in [1.29, 1.82) is 0 Å². The van der Waals surface area contributed by atoms with E-state index in [0.717, 1.165) is 11.3 Å². The highest BCUT2D eigenvalue weighted by Gasteiger charge is 1.89. The van der Waals surface area contributed by atoms with E-state index >= 15 is 0 Å². The maximum absolute atomic E-state index is 8.95. The minimum atomic E-state index is 0.375. The van der Waals surface area contributed by atoms with E-state index in [1.165, 1.54) is 12.7 Å². The fourth-order valence-electron chi connectivity index (χ4n) is 0.760. The van der Waals surface area contributed by atoms with Crippen LogP contribution in [0.2, 0.25) is 0 Å². The first-order valence-electron chi connectivity index (χ1n) is 4.91. The molecule has 0 heterocycles. The van der Waals surface area contributed by atoms with Gasteiger partial charge >= 0.3 is 0 Å². The molecule has 1 aromatic rings. The van der Waals surface area contributed by atoms with Crippen LogP contribution in [-0.2, 0) is 9.53 Å². The second-order valence-electron chi connectivity index (χ2n) is 2.69. The van der Waals surface area contributed by atoms with Gasteiger partial charge < -0.3 is 10.5 Å². The van der Waals surface area contributed by atoms with Crippen molar-refractivity contribution in [2.24, 2.45) is 0 Å². The number of methoxy groups -OCH3 is 1. The van der Waals surface area contributed by atoms with Crippen LogP contribution in [0.3, 0.4) is 0 Å². The SMILES string of the molecule is CC.COC=O.Cc1ccc(C)c(N)c1. The third-order valence-corrected chi connectivity index (χ3v) is 1.53. The zero-order chi connectivity index (χ0) is 12.3. The Morgan fingerprint density at radius 3 is 2.00 bits per heavy atom. The Morgan fingerprint density at radius 1 is 1.27 bits per heavy atom. The van der Waals surface area contributed by atoms with Crippen LogP contribution in [-0.4, -0.2) is 13.6 Å². The molecule has 2 N–H and O–H groups in total. The van der Waals surface area contributed by atoms with E-state index in [4.69, 9.17) is 10.5 Å². The Bertz CT molecular complexity index is 272. The van der Waals surface area contributed by atoms with E-state index in [1.54, 1.807) is 0 Å². The lowest BCUT2D eigenvalue weighted by Gasteiger charge is -1.98. The lowest BCUT2D eigenvalue weighted by atomic mass is 10.1. The van der Waals surface area contributed by atoms with E-state index in [1.807, 2.05) is 39.8 Å². The molecule has 0 aliphatic rings. The van der Waals surface area contributed by atoms with Crippen molar-refractivity contribution < 1.29 is 9.53 Å². The zero-order valence-corrected chi connectivity index (χ0v) is 10.2. The summed E-state index contributed by atoms with van der Waals surface area (Å²) in [5, 5.41) is 0. The molecule has 3 heteroatoms. The number of rotatable bonds is 1. The van der Waals surface area contributed by atoms with Gasteiger partial charge in [0.1, 0.15) is 0 Å². The Kier molecular flexibility index (Phi) is 11.2. The Morgan fingerprint density at radius 2 is 1.73 bits per heavy atom. The molecule has 1 aromatic carbocycles. The van der Waals surface area contributed by atoms with Gasteiger partial charge in [0.2, 0.25) is 0 Å². The molecule has 0 aromatic heterocycles. The molecular weight excluding hydrogens is 190 g/mol. The Hall–Kier alpha value is -1.51. The number of ether oxygens (including phenoxy) is 1. The average Bonchev–Trinajstić information content (AvgIpc) is 2.27. The summed E-state index contributed by atoms with van der Waals surface area (Å²) in [4.78, 5) is 8.95. The standard InChI is InChI=1S/C8H11N.C2H4O2.C2H6/c1-6-3-4-7(2)8(9)5-6;1-4-2-3;1-2/h3-5H,9H2,1-2H3;2H,1H3;1-2H3.